The van der Waals surface area contributed by atoms with Crippen LogP contribution in [0, 0.1) is 10.1 Å². The number of hydrogen-bond acceptors (Lipinski definition) is 6. The number of benzene rings is 1. The van der Waals surface area contributed by atoms with Gasteiger partial charge in [-0.25, -0.2) is 4.79 Å². The lowest BCUT2D eigenvalue weighted by Crippen LogP contribution is -2.44. The predicted octanol–water partition coefficient (Wildman–Crippen LogP) is 2.58. The number of carbonyl (C=O) groups excluding carboxylic acids is 2. The first kappa shape index (κ1) is 19.8. The third-order valence-electron chi connectivity index (χ3n) is 3.79. The SMILES string of the molecule is CCCCCC(=O)C[C@](O)(Cc1ccccc1[N+](=O)[O-])C(=O)OC. The number of ketones is 1. The summed E-state index contributed by atoms with van der Waals surface area (Å²) in [5.41, 5.74) is -2.14. The van der Waals surface area contributed by atoms with Gasteiger partial charge in [-0.1, -0.05) is 38.0 Å². The first-order valence-electron chi connectivity index (χ1n) is 7.89. The van der Waals surface area contributed by atoms with Gasteiger partial charge < -0.3 is 9.84 Å². The average molecular weight is 337 g/mol. The first-order valence-corrected chi connectivity index (χ1v) is 7.89. The normalized spacial score (nSPS) is 13.1. The van der Waals surface area contributed by atoms with Crippen molar-refractivity contribution in [2.45, 2.75) is 51.0 Å². The highest BCUT2D eigenvalue weighted by molar-refractivity contribution is 5.89. The molecule has 0 bridgehead atoms. The summed E-state index contributed by atoms with van der Waals surface area (Å²) in [5.74, 6) is -1.24. The van der Waals surface area contributed by atoms with Gasteiger partial charge in [0.2, 0.25) is 0 Å². The molecule has 0 aliphatic heterocycles. The molecule has 0 fully saturated rings. The van der Waals surface area contributed by atoms with Crippen molar-refractivity contribution in [3.8, 4) is 0 Å². The number of ether oxygens (including phenoxy) is 1. The number of Topliss-reactive ketones (excluding diaryl/α,β-unsaturated/α-hetero) is 1. The number of esters is 1. The van der Waals surface area contributed by atoms with E-state index in [2.05, 4.69) is 4.74 Å². The van der Waals surface area contributed by atoms with Gasteiger partial charge in [0.15, 0.2) is 5.60 Å². The molecule has 0 unspecified atom stereocenters. The zero-order valence-corrected chi connectivity index (χ0v) is 14.0. The van der Waals surface area contributed by atoms with Gasteiger partial charge in [-0.15, -0.1) is 0 Å². The number of hydrogen-bond donors (Lipinski definition) is 1. The smallest absolute Gasteiger partial charge is 0.338 e. The molecule has 0 amide bonds. The highest BCUT2D eigenvalue weighted by atomic mass is 16.6. The minimum atomic E-state index is -2.11. The van der Waals surface area contributed by atoms with Gasteiger partial charge in [0.05, 0.1) is 12.0 Å². The average Bonchev–Trinajstić information content (AvgIpc) is 2.54. The molecule has 132 valence electrons. The molecular weight excluding hydrogens is 314 g/mol. The first-order chi connectivity index (χ1) is 11.3. The van der Waals surface area contributed by atoms with E-state index in [9.17, 15) is 24.8 Å². The Labute approximate surface area is 140 Å². The molecular formula is C17H23NO6. The van der Waals surface area contributed by atoms with E-state index in [4.69, 9.17) is 0 Å². The van der Waals surface area contributed by atoms with E-state index in [1.54, 1.807) is 6.07 Å². The molecule has 0 aliphatic rings. The summed E-state index contributed by atoms with van der Waals surface area (Å²) in [6.07, 6.45) is 1.99. The van der Waals surface area contributed by atoms with Gasteiger partial charge in [-0.2, -0.15) is 0 Å². The molecule has 1 N–H and O–H groups in total. The Bertz CT molecular complexity index is 600. The minimum absolute atomic E-state index is 0.178. The van der Waals surface area contributed by atoms with Gasteiger partial charge in [0, 0.05) is 30.9 Å². The highest BCUT2D eigenvalue weighted by Gasteiger charge is 2.40. The van der Waals surface area contributed by atoms with Crippen LogP contribution >= 0.6 is 0 Å². The van der Waals surface area contributed by atoms with Crippen molar-refractivity contribution in [3.05, 3.63) is 39.9 Å². The molecule has 0 spiro atoms. The zero-order valence-electron chi connectivity index (χ0n) is 14.0. The topological polar surface area (TPSA) is 107 Å². The Morgan fingerprint density at radius 2 is 1.96 bits per heavy atom. The van der Waals surface area contributed by atoms with Crippen molar-refractivity contribution in [3.63, 3.8) is 0 Å². The number of aliphatic hydroxyl groups is 1. The number of carbonyl (C=O) groups is 2. The van der Waals surface area contributed by atoms with Gasteiger partial charge in [-0.3, -0.25) is 14.9 Å². The number of methoxy groups -OCH3 is 1. The van der Waals surface area contributed by atoms with Crippen molar-refractivity contribution < 1.29 is 24.4 Å². The van der Waals surface area contributed by atoms with Crippen LogP contribution in [0.5, 0.6) is 0 Å². The van der Waals surface area contributed by atoms with E-state index in [0.717, 1.165) is 20.0 Å². The number of unbranched alkanes of at least 4 members (excludes halogenated alkanes) is 2. The lowest BCUT2D eigenvalue weighted by molar-refractivity contribution is -0.385. The molecule has 0 aromatic heterocycles. The molecule has 0 saturated heterocycles. The predicted molar refractivity (Wildman–Crippen MR) is 87.5 cm³/mol. The van der Waals surface area contributed by atoms with Gasteiger partial charge in [0.1, 0.15) is 5.78 Å². The van der Waals surface area contributed by atoms with Crippen LogP contribution < -0.4 is 0 Å². The summed E-state index contributed by atoms with van der Waals surface area (Å²) in [5, 5.41) is 21.7. The van der Waals surface area contributed by atoms with Gasteiger partial charge >= 0.3 is 5.97 Å². The monoisotopic (exact) mass is 337 g/mol. The lowest BCUT2D eigenvalue weighted by atomic mass is 9.87. The van der Waals surface area contributed by atoms with Gasteiger partial charge in [-0.05, 0) is 6.42 Å². The molecule has 1 atom stereocenters. The third-order valence-corrected chi connectivity index (χ3v) is 3.79. The molecule has 1 aromatic carbocycles. The largest absolute Gasteiger partial charge is 0.467 e. The highest BCUT2D eigenvalue weighted by Crippen LogP contribution is 2.26. The van der Waals surface area contributed by atoms with E-state index >= 15 is 0 Å². The second kappa shape index (κ2) is 9.12. The number of nitro groups is 1. The van der Waals surface area contributed by atoms with E-state index in [0.29, 0.717) is 6.42 Å². The molecule has 1 aromatic rings. The number of rotatable bonds is 10. The van der Waals surface area contributed by atoms with Crippen LogP contribution in [0.15, 0.2) is 24.3 Å². The van der Waals surface area contributed by atoms with Crippen LogP contribution in [0.2, 0.25) is 0 Å². The Hall–Kier alpha value is -2.28. The van der Waals surface area contributed by atoms with Crippen molar-refractivity contribution in [1.29, 1.82) is 0 Å². The summed E-state index contributed by atoms with van der Waals surface area (Å²) in [7, 11) is 1.11. The molecule has 7 nitrogen and oxygen atoms in total. The fourth-order valence-corrected chi connectivity index (χ4v) is 2.54. The summed E-state index contributed by atoms with van der Waals surface area (Å²) in [4.78, 5) is 34.5. The van der Waals surface area contributed by atoms with Gasteiger partial charge in [0.25, 0.3) is 5.69 Å². The van der Waals surface area contributed by atoms with Crippen LogP contribution in [-0.2, 0) is 20.7 Å². The lowest BCUT2D eigenvalue weighted by Gasteiger charge is -2.24. The second-order valence-corrected chi connectivity index (χ2v) is 5.76. The Balaban J connectivity index is 2.98. The van der Waals surface area contributed by atoms with Crippen molar-refractivity contribution in [2.24, 2.45) is 0 Å². The maximum atomic E-state index is 12.1. The molecule has 0 saturated carbocycles. The minimum Gasteiger partial charge on any atom is -0.467 e. The Morgan fingerprint density at radius 3 is 2.54 bits per heavy atom. The van der Waals surface area contributed by atoms with E-state index in [-0.39, 0.29) is 29.9 Å². The van der Waals surface area contributed by atoms with Crippen molar-refractivity contribution in [2.75, 3.05) is 7.11 Å². The van der Waals surface area contributed by atoms with Crippen LogP contribution in [0.3, 0.4) is 0 Å². The standard InChI is InChI=1S/C17H23NO6/c1-3-4-5-9-14(19)12-17(21,16(20)24-2)11-13-8-6-7-10-15(13)18(22)23/h6-8,10,21H,3-5,9,11-12H2,1-2H3/t17-/m1/s1. The van der Waals surface area contributed by atoms with Crippen LogP contribution in [0.4, 0.5) is 5.69 Å². The molecule has 24 heavy (non-hydrogen) atoms. The maximum absolute atomic E-state index is 12.1. The van der Waals surface area contributed by atoms with Crippen molar-refractivity contribution >= 4 is 17.4 Å². The number of nitrogens with zero attached hydrogens (tertiary/aromatic N) is 1. The van der Waals surface area contributed by atoms with Crippen LogP contribution in [-0.4, -0.2) is 34.5 Å². The Kier molecular flexibility index (Phi) is 7.51. The zero-order chi connectivity index (χ0) is 18.2. The number of nitro benzene ring substituents is 1. The maximum Gasteiger partial charge on any atom is 0.338 e. The summed E-state index contributed by atoms with van der Waals surface area (Å²) in [6.45, 7) is 2.00. The second-order valence-electron chi connectivity index (χ2n) is 5.76. The number of para-hydroxylation sites is 1. The summed E-state index contributed by atoms with van der Waals surface area (Å²) >= 11 is 0. The van der Waals surface area contributed by atoms with E-state index < -0.39 is 22.9 Å². The fourth-order valence-electron chi connectivity index (χ4n) is 2.54. The van der Waals surface area contributed by atoms with E-state index in [1.807, 2.05) is 6.92 Å². The fraction of sp³-hybridized carbons (Fsp3) is 0.529. The molecule has 0 radical (unpaired) electrons. The quantitative estimate of drug-likeness (QED) is 0.304. The summed E-state index contributed by atoms with van der Waals surface area (Å²) in [6, 6.07) is 5.81. The Morgan fingerprint density at radius 1 is 1.29 bits per heavy atom. The van der Waals surface area contributed by atoms with E-state index in [1.165, 1.54) is 18.2 Å². The van der Waals surface area contributed by atoms with Crippen LogP contribution in [0.1, 0.15) is 44.6 Å². The molecule has 0 heterocycles. The third kappa shape index (κ3) is 5.42. The summed E-state index contributed by atoms with van der Waals surface area (Å²) < 4.78 is 4.60. The molecule has 7 heteroatoms. The molecule has 0 aliphatic carbocycles. The van der Waals surface area contributed by atoms with Crippen LogP contribution in [0.25, 0.3) is 0 Å². The van der Waals surface area contributed by atoms with Crippen molar-refractivity contribution in [1.82, 2.24) is 0 Å². The molecule has 1 rings (SSSR count).